The smallest absolute Gasteiger partial charge is 0.258 e. The molecule has 2 aromatic carbocycles. The van der Waals surface area contributed by atoms with Crippen molar-refractivity contribution in [3.63, 3.8) is 0 Å². The van der Waals surface area contributed by atoms with E-state index in [2.05, 4.69) is 10.6 Å². The molecule has 4 amide bonds. The molecule has 4 aliphatic heterocycles. The van der Waals surface area contributed by atoms with Crippen molar-refractivity contribution in [3.8, 4) is 17.2 Å². The molecule has 2 N–H and O–H groups in total. The molecule has 7 rings (SSSR count). The molecule has 2 saturated heterocycles. The summed E-state index contributed by atoms with van der Waals surface area (Å²) in [5.41, 5.74) is 1.22. The molecule has 0 aromatic heterocycles. The highest BCUT2D eigenvalue weighted by Gasteiger charge is 2.38. The number of amides is 4. The monoisotopic (exact) mass is 604 g/mol. The van der Waals surface area contributed by atoms with Gasteiger partial charge < -0.3 is 34.6 Å². The van der Waals surface area contributed by atoms with Crippen LogP contribution >= 0.6 is 0 Å². The van der Waals surface area contributed by atoms with E-state index in [4.69, 9.17) is 14.2 Å². The fourth-order valence-electron chi connectivity index (χ4n) is 5.78. The molecule has 4 bridgehead atoms. The summed E-state index contributed by atoms with van der Waals surface area (Å²) in [4.78, 5) is 55.4. The normalized spacial score (nSPS) is 22.6. The maximum Gasteiger partial charge on any atom is 0.258 e. The number of carbonyl (C=O) groups excluding carboxylic acids is 4. The van der Waals surface area contributed by atoms with Gasteiger partial charge in [0.2, 0.25) is 11.8 Å². The number of hydrogen-bond acceptors (Lipinski definition) is 7. The number of likely N-dealkylation sites (tertiary alicyclic amines) is 2. The fraction of sp³-hybridized carbons (Fsp3) is 0.515. The van der Waals surface area contributed by atoms with Gasteiger partial charge in [0, 0.05) is 50.7 Å². The van der Waals surface area contributed by atoms with E-state index in [1.807, 2.05) is 24.3 Å². The minimum Gasteiger partial charge on any atom is -0.493 e. The van der Waals surface area contributed by atoms with Gasteiger partial charge in [-0.1, -0.05) is 18.6 Å². The van der Waals surface area contributed by atoms with Crippen molar-refractivity contribution >= 4 is 23.6 Å². The molecule has 5 aliphatic rings. The van der Waals surface area contributed by atoms with E-state index in [0.29, 0.717) is 67.9 Å². The second kappa shape index (κ2) is 13.6. The van der Waals surface area contributed by atoms with Gasteiger partial charge in [-0.05, 0) is 61.4 Å². The number of fused-ring (bicyclic) bond motifs is 7. The van der Waals surface area contributed by atoms with Crippen molar-refractivity contribution in [1.82, 2.24) is 20.4 Å². The summed E-state index contributed by atoms with van der Waals surface area (Å²) >= 11 is 0. The van der Waals surface area contributed by atoms with E-state index >= 15 is 0 Å². The minimum absolute atomic E-state index is 0.0770. The van der Waals surface area contributed by atoms with Gasteiger partial charge in [0.05, 0.1) is 19.2 Å². The summed E-state index contributed by atoms with van der Waals surface area (Å²) in [5.74, 6) is 1.34. The summed E-state index contributed by atoms with van der Waals surface area (Å²) in [7, 11) is 0. The Bertz CT molecular complexity index is 1380. The van der Waals surface area contributed by atoms with E-state index in [-0.39, 0.29) is 43.2 Å². The minimum atomic E-state index is -0.492. The van der Waals surface area contributed by atoms with Crippen molar-refractivity contribution in [2.75, 3.05) is 39.4 Å². The van der Waals surface area contributed by atoms with Gasteiger partial charge in [-0.15, -0.1) is 0 Å². The largest absolute Gasteiger partial charge is 0.493 e. The summed E-state index contributed by atoms with van der Waals surface area (Å²) in [6.07, 6.45) is 5.40. The number of benzene rings is 2. The van der Waals surface area contributed by atoms with Gasteiger partial charge in [-0.2, -0.15) is 0 Å². The van der Waals surface area contributed by atoms with Crippen LogP contribution in [-0.2, 0) is 20.9 Å². The third-order valence-corrected chi connectivity index (χ3v) is 8.60. The number of ether oxygens (including phenoxy) is 3. The number of nitrogens with one attached hydrogen (secondary N) is 2. The molecule has 1 saturated carbocycles. The summed E-state index contributed by atoms with van der Waals surface area (Å²) in [6.45, 7) is 2.33. The van der Waals surface area contributed by atoms with Crippen LogP contribution in [0.15, 0.2) is 42.5 Å². The Balaban J connectivity index is 1.20. The van der Waals surface area contributed by atoms with E-state index in [1.165, 1.54) is 0 Å². The van der Waals surface area contributed by atoms with E-state index in [0.717, 1.165) is 37.7 Å². The maximum absolute atomic E-state index is 13.6. The Morgan fingerprint density at radius 3 is 2.64 bits per heavy atom. The average molecular weight is 605 g/mol. The summed E-state index contributed by atoms with van der Waals surface area (Å²) < 4.78 is 18.1. The Hall–Kier alpha value is -4.28. The Morgan fingerprint density at radius 1 is 0.977 bits per heavy atom. The topological polar surface area (TPSA) is 127 Å². The highest BCUT2D eigenvalue weighted by Crippen LogP contribution is 2.31. The van der Waals surface area contributed by atoms with Crippen LogP contribution < -0.4 is 24.8 Å². The predicted molar refractivity (Wildman–Crippen MR) is 160 cm³/mol. The lowest BCUT2D eigenvalue weighted by Gasteiger charge is -2.22. The van der Waals surface area contributed by atoms with Crippen LogP contribution in [0, 0.1) is 5.92 Å². The molecule has 0 radical (unpaired) electrons. The summed E-state index contributed by atoms with van der Waals surface area (Å²) in [6, 6.07) is 11.8. The highest BCUT2D eigenvalue weighted by atomic mass is 16.5. The number of rotatable bonds is 6. The third kappa shape index (κ3) is 7.81. The molecule has 2 aromatic rings. The Kier molecular flexibility index (Phi) is 9.18. The van der Waals surface area contributed by atoms with Crippen LogP contribution in [0.4, 0.5) is 0 Å². The van der Waals surface area contributed by atoms with Crippen molar-refractivity contribution in [1.29, 1.82) is 0 Å². The van der Waals surface area contributed by atoms with Gasteiger partial charge in [0.25, 0.3) is 11.8 Å². The first-order valence-electron chi connectivity index (χ1n) is 15.7. The molecular formula is C33H40N4O7. The van der Waals surface area contributed by atoms with Crippen LogP contribution in [0.1, 0.15) is 60.9 Å². The first kappa shape index (κ1) is 29.8. The standard InChI is InChI=1S/C33H40N4O7/c38-30-21-43-27-15-24(14-26(16-27)42-20-23-5-6-23)33(41)35-28-18-37(32(40)11-13-36-12-3-1-2-4-31(36)39)19-29(28)44-25-9-7-22(8-10-25)17-34-30/h7-10,14-16,23,28-29H,1-6,11-13,17-21H2,(H,34,38)(H,35,41)/t28-,29-/m0/s1. The molecule has 11 heteroatoms. The molecule has 11 nitrogen and oxygen atoms in total. The zero-order valence-electron chi connectivity index (χ0n) is 24.9. The van der Waals surface area contributed by atoms with Crippen LogP contribution in [-0.4, -0.2) is 85.0 Å². The molecule has 4 heterocycles. The lowest BCUT2D eigenvalue weighted by Crippen LogP contribution is -2.45. The van der Waals surface area contributed by atoms with E-state index in [1.54, 1.807) is 28.0 Å². The molecule has 2 atom stereocenters. The zero-order chi connectivity index (χ0) is 30.5. The van der Waals surface area contributed by atoms with E-state index < -0.39 is 12.1 Å². The van der Waals surface area contributed by atoms with Crippen LogP contribution in [0.2, 0.25) is 0 Å². The van der Waals surface area contributed by atoms with Crippen LogP contribution in [0.25, 0.3) is 0 Å². The zero-order valence-corrected chi connectivity index (χ0v) is 24.9. The molecular weight excluding hydrogens is 564 g/mol. The molecule has 0 unspecified atom stereocenters. The summed E-state index contributed by atoms with van der Waals surface area (Å²) in [5, 5.41) is 5.93. The first-order chi connectivity index (χ1) is 21.4. The quantitative estimate of drug-likeness (QED) is 0.519. The molecule has 3 fully saturated rings. The highest BCUT2D eigenvalue weighted by molar-refractivity contribution is 5.95. The predicted octanol–water partition coefficient (Wildman–Crippen LogP) is 2.66. The average Bonchev–Trinajstić information content (AvgIpc) is 3.81. The molecule has 234 valence electrons. The van der Waals surface area contributed by atoms with Crippen LogP contribution in [0.3, 0.4) is 0 Å². The lowest BCUT2D eigenvalue weighted by atomic mass is 10.1. The molecule has 1 aliphatic carbocycles. The maximum atomic E-state index is 13.6. The van der Waals surface area contributed by atoms with Gasteiger partial charge in [-0.3, -0.25) is 19.2 Å². The Labute approximate surface area is 257 Å². The van der Waals surface area contributed by atoms with E-state index in [9.17, 15) is 19.2 Å². The van der Waals surface area contributed by atoms with Crippen molar-refractivity contribution in [2.24, 2.45) is 5.92 Å². The van der Waals surface area contributed by atoms with Crippen LogP contribution in [0.5, 0.6) is 17.2 Å². The first-order valence-corrected chi connectivity index (χ1v) is 15.7. The van der Waals surface area contributed by atoms with Gasteiger partial charge in [-0.25, -0.2) is 0 Å². The van der Waals surface area contributed by atoms with Gasteiger partial charge >= 0.3 is 0 Å². The van der Waals surface area contributed by atoms with Crippen molar-refractivity contribution in [3.05, 3.63) is 53.6 Å². The SMILES string of the molecule is O=C1COc2cc(OCC3CC3)cc(c2)C(=O)N[C@H]2CN(C(=O)CCN3CCCCCC3=O)C[C@@H]2Oc2ccc(cc2)CN1. The third-order valence-electron chi connectivity index (χ3n) is 8.60. The lowest BCUT2D eigenvalue weighted by molar-refractivity contribution is -0.133. The number of carbonyl (C=O) groups is 4. The second-order valence-corrected chi connectivity index (χ2v) is 12.1. The van der Waals surface area contributed by atoms with Crippen molar-refractivity contribution in [2.45, 2.75) is 63.6 Å². The number of hydrogen-bond donors (Lipinski definition) is 2. The second-order valence-electron chi connectivity index (χ2n) is 12.1. The Morgan fingerprint density at radius 2 is 1.82 bits per heavy atom. The van der Waals surface area contributed by atoms with Gasteiger partial charge in [0.15, 0.2) is 6.61 Å². The molecule has 0 spiro atoms. The molecule has 44 heavy (non-hydrogen) atoms. The fourth-order valence-corrected chi connectivity index (χ4v) is 5.78. The van der Waals surface area contributed by atoms with Crippen molar-refractivity contribution < 1.29 is 33.4 Å². The van der Waals surface area contributed by atoms with Gasteiger partial charge in [0.1, 0.15) is 23.4 Å². The number of nitrogens with zero attached hydrogens (tertiary/aromatic N) is 2.